The van der Waals surface area contributed by atoms with E-state index in [0.717, 1.165) is 33.4 Å². The van der Waals surface area contributed by atoms with Crippen LogP contribution in [0.5, 0.6) is 5.75 Å². The van der Waals surface area contributed by atoms with Crippen molar-refractivity contribution in [2.45, 2.75) is 13.0 Å². The fraction of sp³-hybridized carbons (Fsp3) is 0.263. The summed E-state index contributed by atoms with van der Waals surface area (Å²) in [5.74, 6) is -0.128. The van der Waals surface area contributed by atoms with Gasteiger partial charge >= 0.3 is 4.87 Å². The highest BCUT2D eigenvalue weighted by Crippen LogP contribution is 2.36. The molecule has 152 valence electrons. The molecule has 0 radical (unpaired) electrons. The normalized spacial score (nSPS) is 16.4. The van der Waals surface area contributed by atoms with E-state index in [9.17, 15) is 18.0 Å². The van der Waals surface area contributed by atoms with E-state index in [1.54, 1.807) is 48.0 Å². The minimum Gasteiger partial charge on any atom is -0.476 e. The standard InChI is InChI=1S/C19H19N3O5S2/c1-11-4-7-15-14(8-11)22(29(3,25)26)10-16(27-15)18(23)20-12-5-6-13-17(9-12)28-19(24)21(13)2/h4-9,16H,10H2,1-3H3,(H,20,23)/t16-/m0/s1. The Morgan fingerprint density at radius 3 is 2.72 bits per heavy atom. The molecule has 0 saturated carbocycles. The molecular formula is C19H19N3O5S2. The summed E-state index contributed by atoms with van der Waals surface area (Å²) in [6, 6.07) is 10.3. The molecule has 0 spiro atoms. The van der Waals surface area contributed by atoms with Gasteiger partial charge in [-0.15, -0.1) is 0 Å². The lowest BCUT2D eigenvalue weighted by molar-refractivity contribution is -0.122. The number of ether oxygens (including phenoxy) is 1. The zero-order valence-corrected chi connectivity index (χ0v) is 17.6. The number of rotatable bonds is 3. The second-order valence-corrected chi connectivity index (χ2v) is 9.87. The van der Waals surface area contributed by atoms with Crippen LogP contribution in [0.1, 0.15) is 5.56 Å². The van der Waals surface area contributed by atoms with Crippen molar-refractivity contribution in [1.29, 1.82) is 0 Å². The number of aromatic nitrogens is 1. The molecule has 0 aliphatic carbocycles. The average molecular weight is 434 g/mol. The van der Waals surface area contributed by atoms with Crippen LogP contribution in [-0.2, 0) is 21.9 Å². The Morgan fingerprint density at radius 1 is 1.24 bits per heavy atom. The molecule has 3 aromatic rings. The molecular weight excluding hydrogens is 414 g/mol. The smallest absolute Gasteiger partial charge is 0.307 e. The number of fused-ring (bicyclic) bond motifs is 2. The molecule has 0 fully saturated rings. The van der Waals surface area contributed by atoms with E-state index in [4.69, 9.17) is 4.74 Å². The first-order valence-electron chi connectivity index (χ1n) is 8.79. The maximum Gasteiger partial charge on any atom is 0.307 e. The Kier molecular flexibility index (Phi) is 4.62. The van der Waals surface area contributed by atoms with Crippen molar-refractivity contribution in [2.24, 2.45) is 7.05 Å². The van der Waals surface area contributed by atoms with Gasteiger partial charge in [0.25, 0.3) is 5.91 Å². The van der Waals surface area contributed by atoms with Crippen LogP contribution >= 0.6 is 11.3 Å². The van der Waals surface area contributed by atoms with Gasteiger partial charge in [-0.05, 0) is 42.8 Å². The van der Waals surface area contributed by atoms with Crippen LogP contribution in [0.4, 0.5) is 11.4 Å². The largest absolute Gasteiger partial charge is 0.476 e. The van der Waals surface area contributed by atoms with E-state index in [1.807, 2.05) is 6.92 Å². The molecule has 0 bridgehead atoms. The van der Waals surface area contributed by atoms with Gasteiger partial charge in [-0.3, -0.25) is 13.9 Å². The Morgan fingerprint density at radius 2 is 2.00 bits per heavy atom. The van der Waals surface area contributed by atoms with E-state index >= 15 is 0 Å². The fourth-order valence-electron chi connectivity index (χ4n) is 3.25. The first-order valence-corrected chi connectivity index (χ1v) is 11.5. The Hall–Kier alpha value is -2.85. The number of nitrogens with one attached hydrogen (secondary N) is 1. The number of sulfonamides is 1. The van der Waals surface area contributed by atoms with Crippen molar-refractivity contribution < 1.29 is 17.9 Å². The van der Waals surface area contributed by atoms with Crippen molar-refractivity contribution in [3.8, 4) is 5.75 Å². The third kappa shape index (κ3) is 3.60. The summed E-state index contributed by atoms with van der Waals surface area (Å²) in [6.45, 7) is 1.73. The molecule has 2 aromatic carbocycles. The monoisotopic (exact) mass is 433 g/mol. The lowest BCUT2D eigenvalue weighted by Gasteiger charge is -2.34. The third-order valence-corrected chi connectivity index (χ3v) is 6.88. The third-order valence-electron chi connectivity index (χ3n) is 4.74. The summed E-state index contributed by atoms with van der Waals surface area (Å²) in [4.78, 5) is 24.5. The number of hydrogen-bond acceptors (Lipinski definition) is 6. The second kappa shape index (κ2) is 6.89. The predicted octanol–water partition coefficient (Wildman–Crippen LogP) is 2.07. The van der Waals surface area contributed by atoms with Crippen molar-refractivity contribution in [2.75, 3.05) is 22.4 Å². The van der Waals surface area contributed by atoms with E-state index in [1.165, 1.54) is 4.31 Å². The van der Waals surface area contributed by atoms with Crippen LogP contribution in [0.2, 0.25) is 0 Å². The van der Waals surface area contributed by atoms with Gasteiger partial charge in [0.15, 0.2) is 6.10 Å². The molecule has 10 heteroatoms. The van der Waals surface area contributed by atoms with E-state index < -0.39 is 22.0 Å². The van der Waals surface area contributed by atoms with Crippen molar-refractivity contribution in [3.05, 3.63) is 51.6 Å². The number of anilines is 2. The summed E-state index contributed by atoms with van der Waals surface area (Å²) in [6.07, 6.45) is 0.0927. The molecule has 8 nitrogen and oxygen atoms in total. The number of carbonyl (C=O) groups is 1. The number of hydrogen-bond donors (Lipinski definition) is 1. The lowest BCUT2D eigenvalue weighted by atomic mass is 10.1. The van der Waals surface area contributed by atoms with Crippen LogP contribution in [-0.4, -0.2) is 37.8 Å². The zero-order chi connectivity index (χ0) is 20.9. The minimum absolute atomic E-state index is 0.0882. The van der Waals surface area contributed by atoms with Crippen molar-refractivity contribution >= 4 is 48.9 Å². The van der Waals surface area contributed by atoms with Gasteiger partial charge in [0.05, 0.1) is 28.7 Å². The van der Waals surface area contributed by atoms with Gasteiger partial charge in [0, 0.05) is 12.7 Å². The van der Waals surface area contributed by atoms with Gasteiger partial charge in [-0.2, -0.15) is 0 Å². The van der Waals surface area contributed by atoms with Gasteiger partial charge < -0.3 is 14.6 Å². The molecule has 1 aliphatic rings. The average Bonchev–Trinajstić information content (AvgIpc) is 2.93. The highest BCUT2D eigenvalue weighted by molar-refractivity contribution is 7.92. The van der Waals surface area contributed by atoms with Crippen molar-refractivity contribution in [1.82, 2.24) is 4.57 Å². The number of thiazole rings is 1. The van der Waals surface area contributed by atoms with Crippen LogP contribution in [0.25, 0.3) is 10.2 Å². The van der Waals surface area contributed by atoms with Crippen LogP contribution in [0.15, 0.2) is 41.2 Å². The van der Waals surface area contributed by atoms with Crippen LogP contribution in [0, 0.1) is 6.92 Å². The summed E-state index contributed by atoms with van der Waals surface area (Å²) in [5, 5.41) is 2.76. The van der Waals surface area contributed by atoms with E-state index in [0.29, 0.717) is 17.1 Å². The van der Waals surface area contributed by atoms with Gasteiger partial charge in [0.1, 0.15) is 5.75 Å². The fourth-order valence-corrected chi connectivity index (χ4v) is 5.07. The van der Waals surface area contributed by atoms with Gasteiger partial charge in [-0.25, -0.2) is 8.42 Å². The van der Waals surface area contributed by atoms with E-state index in [2.05, 4.69) is 5.32 Å². The topological polar surface area (TPSA) is 97.7 Å². The van der Waals surface area contributed by atoms with Crippen LogP contribution in [0.3, 0.4) is 0 Å². The van der Waals surface area contributed by atoms with Crippen LogP contribution < -0.4 is 19.2 Å². The molecule has 1 atom stereocenters. The highest BCUT2D eigenvalue weighted by atomic mass is 32.2. The number of benzene rings is 2. The maximum absolute atomic E-state index is 12.8. The minimum atomic E-state index is -3.59. The molecule has 0 saturated heterocycles. The SMILES string of the molecule is Cc1ccc2c(c1)N(S(C)(=O)=O)C[C@@H](C(=O)Nc1ccc3c(c1)sc(=O)n3C)O2. The number of aryl methyl sites for hydroxylation is 2. The molecule has 1 amide bonds. The zero-order valence-electron chi connectivity index (χ0n) is 16.0. The Bertz CT molecular complexity index is 1290. The summed E-state index contributed by atoms with van der Waals surface area (Å²) in [5.41, 5.74) is 2.60. The first-order chi connectivity index (χ1) is 13.6. The van der Waals surface area contributed by atoms with Gasteiger partial charge in [-0.1, -0.05) is 17.4 Å². The molecule has 4 rings (SSSR count). The van der Waals surface area contributed by atoms with E-state index in [-0.39, 0.29) is 11.4 Å². The molecule has 29 heavy (non-hydrogen) atoms. The molecule has 0 unspecified atom stereocenters. The first kappa shape index (κ1) is 19.5. The number of carbonyl (C=O) groups excluding carboxylic acids is 1. The highest BCUT2D eigenvalue weighted by Gasteiger charge is 2.35. The van der Waals surface area contributed by atoms with Crippen molar-refractivity contribution in [3.63, 3.8) is 0 Å². The molecule has 2 heterocycles. The molecule has 1 aromatic heterocycles. The maximum atomic E-state index is 12.8. The quantitative estimate of drug-likeness (QED) is 0.682. The molecule has 1 N–H and O–H groups in total. The predicted molar refractivity (Wildman–Crippen MR) is 113 cm³/mol. The van der Waals surface area contributed by atoms with Gasteiger partial charge in [0.2, 0.25) is 10.0 Å². The molecule has 1 aliphatic heterocycles. The Balaban J connectivity index is 1.62. The summed E-state index contributed by atoms with van der Waals surface area (Å²) in [7, 11) is -1.90. The number of nitrogens with zero attached hydrogens (tertiary/aromatic N) is 2. The lowest BCUT2D eigenvalue weighted by Crippen LogP contribution is -2.48. The Labute approximate surface area is 171 Å². The number of amides is 1. The summed E-state index contributed by atoms with van der Waals surface area (Å²) < 4.78 is 33.8. The second-order valence-electron chi connectivity index (χ2n) is 6.97. The summed E-state index contributed by atoms with van der Waals surface area (Å²) >= 11 is 1.09.